The molecule has 0 radical (unpaired) electrons. The summed E-state index contributed by atoms with van der Waals surface area (Å²) in [4.78, 5) is 11.2. The standard InChI is InChI=1S/C14H18N2O4S/c1-9-7-11(6-5-10(9)8-15)21(19,20)16-12(13(17)18)14(2,3)4/h5-7,12,16H,1-4H3,(H,17,18). The maximum Gasteiger partial charge on any atom is 0.322 e. The summed E-state index contributed by atoms with van der Waals surface area (Å²) < 4.78 is 26.8. The summed E-state index contributed by atoms with van der Waals surface area (Å²) in [5.74, 6) is -1.24. The molecule has 1 rings (SSSR count). The van der Waals surface area contributed by atoms with Crippen LogP contribution in [0.3, 0.4) is 0 Å². The number of benzene rings is 1. The number of nitriles is 1. The summed E-state index contributed by atoms with van der Waals surface area (Å²) in [6, 6.07) is 4.73. The molecule has 0 aliphatic heterocycles. The highest BCUT2D eigenvalue weighted by molar-refractivity contribution is 7.89. The summed E-state index contributed by atoms with van der Waals surface area (Å²) >= 11 is 0. The van der Waals surface area contributed by atoms with Crippen molar-refractivity contribution in [1.29, 1.82) is 5.26 Å². The lowest BCUT2D eigenvalue weighted by atomic mass is 9.88. The molecule has 0 amide bonds. The highest BCUT2D eigenvalue weighted by atomic mass is 32.2. The van der Waals surface area contributed by atoms with Gasteiger partial charge in [0.15, 0.2) is 0 Å². The van der Waals surface area contributed by atoms with Gasteiger partial charge >= 0.3 is 5.97 Å². The highest BCUT2D eigenvalue weighted by Crippen LogP contribution is 2.22. The third kappa shape index (κ3) is 4.03. The Labute approximate surface area is 124 Å². The Morgan fingerprint density at radius 2 is 1.95 bits per heavy atom. The summed E-state index contributed by atoms with van der Waals surface area (Å²) in [6.45, 7) is 6.53. The zero-order chi connectivity index (χ0) is 16.4. The normalized spacial score (nSPS) is 13.5. The summed E-state index contributed by atoms with van der Waals surface area (Å²) in [6.07, 6.45) is 0. The fraction of sp³-hybridized carbons (Fsp3) is 0.429. The van der Waals surface area contributed by atoms with Gasteiger partial charge in [0, 0.05) is 0 Å². The van der Waals surface area contributed by atoms with E-state index in [2.05, 4.69) is 4.72 Å². The van der Waals surface area contributed by atoms with E-state index in [1.807, 2.05) is 6.07 Å². The molecule has 0 bridgehead atoms. The van der Waals surface area contributed by atoms with Crippen LogP contribution in [0.15, 0.2) is 23.1 Å². The van der Waals surface area contributed by atoms with E-state index in [-0.39, 0.29) is 4.90 Å². The minimum absolute atomic E-state index is 0.0606. The van der Waals surface area contributed by atoms with E-state index in [1.165, 1.54) is 18.2 Å². The van der Waals surface area contributed by atoms with Gasteiger partial charge in [0.2, 0.25) is 10.0 Å². The first-order valence-electron chi connectivity index (χ1n) is 6.25. The van der Waals surface area contributed by atoms with Crippen LogP contribution in [0.25, 0.3) is 0 Å². The average Bonchev–Trinajstić information content (AvgIpc) is 2.34. The number of sulfonamides is 1. The van der Waals surface area contributed by atoms with Gasteiger partial charge in [-0.25, -0.2) is 8.42 Å². The second kappa shape index (κ2) is 5.84. The zero-order valence-corrected chi connectivity index (χ0v) is 13.2. The molecule has 21 heavy (non-hydrogen) atoms. The predicted molar refractivity (Wildman–Crippen MR) is 77.1 cm³/mol. The van der Waals surface area contributed by atoms with Gasteiger partial charge in [0.1, 0.15) is 6.04 Å². The molecule has 0 aromatic heterocycles. The molecular formula is C14H18N2O4S. The van der Waals surface area contributed by atoms with Crippen molar-refractivity contribution in [2.45, 2.75) is 38.6 Å². The molecule has 1 atom stereocenters. The molecule has 7 heteroatoms. The van der Waals surface area contributed by atoms with Crippen LogP contribution in [0.2, 0.25) is 0 Å². The molecule has 0 saturated heterocycles. The molecule has 0 heterocycles. The van der Waals surface area contributed by atoms with Crippen molar-refractivity contribution in [2.24, 2.45) is 5.41 Å². The predicted octanol–water partition coefficient (Wildman–Crippen LogP) is 1.64. The maximum atomic E-state index is 12.3. The largest absolute Gasteiger partial charge is 0.480 e. The number of hydrogen-bond acceptors (Lipinski definition) is 4. The van der Waals surface area contributed by atoms with E-state index >= 15 is 0 Å². The van der Waals surface area contributed by atoms with Gasteiger partial charge in [-0.2, -0.15) is 9.98 Å². The van der Waals surface area contributed by atoms with Gasteiger partial charge in [-0.05, 0) is 36.1 Å². The molecular weight excluding hydrogens is 292 g/mol. The van der Waals surface area contributed by atoms with Gasteiger partial charge in [-0.3, -0.25) is 4.79 Å². The zero-order valence-electron chi connectivity index (χ0n) is 12.3. The number of carboxylic acids is 1. The van der Waals surface area contributed by atoms with Gasteiger partial charge < -0.3 is 5.11 Å². The van der Waals surface area contributed by atoms with E-state index in [1.54, 1.807) is 27.7 Å². The molecule has 6 nitrogen and oxygen atoms in total. The monoisotopic (exact) mass is 310 g/mol. The summed E-state index contributed by atoms with van der Waals surface area (Å²) in [5.41, 5.74) is 0.114. The van der Waals surface area contributed by atoms with Crippen LogP contribution >= 0.6 is 0 Å². The first-order chi connectivity index (χ1) is 9.49. The van der Waals surface area contributed by atoms with Crippen LogP contribution in [0.1, 0.15) is 31.9 Å². The van der Waals surface area contributed by atoms with E-state index in [0.29, 0.717) is 11.1 Å². The molecule has 0 aliphatic rings. The smallest absolute Gasteiger partial charge is 0.322 e. The maximum absolute atomic E-state index is 12.3. The van der Waals surface area contributed by atoms with E-state index in [9.17, 15) is 18.3 Å². The van der Waals surface area contributed by atoms with Crippen molar-refractivity contribution in [3.05, 3.63) is 29.3 Å². The van der Waals surface area contributed by atoms with E-state index in [4.69, 9.17) is 5.26 Å². The fourth-order valence-electron chi connectivity index (χ4n) is 1.75. The van der Waals surface area contributed by atoms with Gasteiger partial charge in [-0.1, -0.05) is 20.8 Å². The number of hydrogen-bond donors (Lipinski definition) is 2. The number of aryl methyl sites for hydroxylation is 1. The topological polar surface area (TPSA) is 107 Å². The Hall–Kier alpha value is -1.91. The van der Waals surface area contributed by atoms with E-state index < -0.39 is 27.4 Å². The Morgan fingerprint density at radius 1 is 1.38 bits per heavy atom. The summed E-state index contributed by atoms with van der Waals surface area (Å²) in [7, 11) is -3.98. The third-order valence-corrected chi connectivity index (χ3v) is 4.44. The quantitative estimate of drug-likeness (QED) is 0.879. The van der Waals surface area contributed by atoms with Crippen LogP contribution in [0.5, 0.6) is 0 Å². The molecule has 0 saturated carbocycles. The number of rotatable bonds is 4. The minimum atomic E-state index is -3.98. The summed E-state index contributed by atoms with van der Waals surface area (Å²) in [5, 5.41) is 18.0. The lowest BCUT2D eigenvalue weighted by molar-refractivity contribution is -0.141. The van der Waals surface area contributed by atoms with Crippen LogP contribution in [-0.4, -0.2) is 25.5 Å². The van der Waals surface area contributed by atoms with Crippen LogP contribution in [0.4, 0.5) is 0 Å². The minimum Gasteiger partial charge on any atom is -0.480 e. The molecule has 1 aromatic carbocycles. The SMILES string of the molecule is Cc1cc(S(=O)(=O)NC(C(=O)O)C(C)(C)C)ccc1C#N. The second-order valence-corrected chi connectivity index (χ2v) is 7.56. The molecule has 1 unspecified atom stereocenters. The van der Waals surface area contributed by atoms with Crippen molar-refractivity contribution in [3.63, 3.8) is 0 Å². The van der Waals surface area contributed by atoms with Crippen LogP contribution < -0.4 is 4.72 Å². The van der Waals surface area contributed by atoms with Crippen LogP contribution in [0, 0.1) is 23.7 Å². The van der Waals surface area contributed by atoms with Crippen LogP contribution in [-0.2, 0) is 14.8 Å². The number of aliphatic carboxylic acids is 1. The van der Waals surface area contributed by atoms with Crippen molar-refractivity contribution in [2.75, 3.05) is 0 Å². The molecule has 0 spiro atoms. The molecule has 0 fully saturated rings. The Kier molecular flexibility index (Phi) is 4.76. The van der Waals surface area contributed by atoms with Crippen molar-refractivity contribution in [3.8, 4) is 6.07 Å². The van der Waals surface area contributed by atoms with Crippen molar-refractivity contribution in [1.82, 2.24) is 4.72 Å². The lowest BCUT2D eigenvalue weighted by Crippen LogP contribution is -2.48. The Bertz CT molecular complexity index is 697. The Morgan fingerprint density at radius 3 is 2.33 bits per heavy atom. The molecule has 0 aliphatic carbocycles. The van der Waals surface area contributed by atoms with Gasteiger partial charge in [0.05, 0.1) is 16.5 Å². The van der Waals surface area contributed by atoms with Gasteiger partial charge in [0.25, 0.3) is 0 Å². The molecule has 1 aromatic rings. The van der Waals surface area contributed by atoms with Crippen molar-refractivity contribution < 1.29 is 18.3 Å². The average molecular weight is 310 g/mol. The lowest BCUT2D eigenvalue weighted by Gasteiger charge is -2.27. The first-order valence-corrected chi connectivity index (χ1v) is 7.73. The fourth-order valence-corrected chi connectivity index (χ4v) is 3.23. The van der Waals surface area contributed by atoms with E-state index in [0.717, 1.165) is 0 Å². The highest BCUT2D eigenvalue weighted by Gasteiger charge is 2.35. The number of nitrogens with one attached hydrogen (secondary N) is 1. The third-order valence-electron chi connectivity index (χ3n) is 3.01. The van der Waals surface area contributed by atoms with Gasteiger partial charge in [-0.15, -0.1) is 0 Å². The number of carbonyl (C=O) groups is 1. The Balaban J connectivity index is 3.21. The molecule has 2 N–H and O–H groups in total. The molecule has 114 valence electrons. The van der Waals surface area contributed by atoms with Crippen molar-refractivity contribution >= 4 is 16.0 Å². The second-order valence-electron chi connectivity index (χ2n) is 5.85. The number of carboxylic acid groups (broad SMARTS) is 1. The first kappa shape index (κ1) is 17.1. The number of nitrogens with zero attached hydrogens (tertiary/aromatic N) is 1.